The molecule has 3 aromatic heterocycles. The molecule has 257 valence electrons. The second-order valence-corrected chi connectivity index (χ2v) is 12.4. The summed E-state index contributed by atoms with van der Waals surface area (Å²) in [7, 11) is 0. The van der Waals surface area contributed by atoms with Crippen molar-refractivity contribution in [3.8, 4) is 33.6 Å². The van der Waals surface area contributed by atoms with Crippen molar-refractivity contribution in [2.45, 2.75) is 59.4 Å². The third-order valence-corrected chi connectivity index (χ3v) is 8.24. The van der Waals surface area contributed by atoms with Gasteiger partial charge in [-0.25, -0.2) is 0 Å². The van der Waals surface area contributed by atoms with E-state index in [1.807, 2.05) is 12.1 Å². The topological polar surface area (TPSA) is 38.9 Å². The zero-order valence-corrected chi connectivity index (χ0v) is 30.1. The zero-order chi connectivity index (χ0) is 39.9. The van der Waals surface area contributed by atoms with Crippen LogP contribution in [0.5, 0.6) is 0 Å². The maximum Gasteiger partial charge on any atom is 0.399 e. The van der Waals surface area contributed by atoms with Crippen LogP contribution < -0.4 is 0 Å². The number of benzene rings is 4. The summed E-state index contributed by atoms with van der Waals surface area (Å²) in [6.07, 6.45) is -1.60. The van der Waals surface area contributed by atoms with Gasteiger partial charge in [0.15, 0.2) is 0 Å². The Balaban J connectivity index is 0.000000244. The van der Waals surface area contributed by atoms with Crippen molar-refractivity contribution in [3.63, 3.8) is 0 Å². The van der Waals surface area contributed by atoms with Crippen molar-refractivity contribution in [2.24, 2.45) is 0 Å². The van der Waals surface area contributed by atoms with Gasteiger partial charge >= 0.3 is 6.18 Å². The molecule has 0 aliphatic rings. The van der Waals surface area contributed by atoms with Crippen LogP contribution in [0.4, 0.5) is 13.2 Å². The Morgan fingerprint density at radius 3 is 2.10 bits per heavy atom. The predicted octanol–water partition coefficient (Wildman–Crippen LogP) is 12.5. The summed E-state index contributed by atoms with van der Waals surface area (Å²) in [6.45, 7) is 4.23. The number of para-hydroxylation sites is 1. The van der Waals surface area contributed by atoms with Crippen molar-refractivity contribution in [3.05, 3.63) is 143 Å². The van der Waals surface area contributed by atoms with E-state index in [4.69, 9.17) is 12.6 Å². The summed E-state index contributed by atoms with van der Waals surface area (Å²) < 4.78 is 91.3. The molecule has 0 atom stereocenters. The van der Waals surface area contributed by atoms with Crippen LogP contribution in [-0.4, -0.2) is 9.97 Å². The maximum absolute atomic E-state index is 13.9. The quantitative estimate of drug-likeness (QED) is 0.162. The van der Waals surface area contributed by atoms with Gasteiger partial charge in [0, 0.05) is 46.1 Å². The molecule has 7 heteroatoms. The fraction of sp³-hybridized carbons (Fsp3) is 0.209. The van der Waals surface area contributed by atoms with E-state index >= 15 is 0 Å². The molecule has 7 aromatic rings. The van der Waals surface area contributed by atoms with Crippen LogP contribution in [0.2, 0.25) is 0 Å². The van der Waals surface area contributed by atoms with E-state index in [9.17, 15) is 13.2 Å². The Labute approximate surface area is 313 Å². The van der Waals surface area contributed by atoms with E-state index in [1.54, 1.807) is 42.6 Å². The molecule has 0 amide bonds. The molecule has 0 unspecified atom stereocenters. The van der Waals surface area contributed by atoms with E-state index in [2.05, 4.69) is 68.0 Å². The molecule has 0 saturated heterocycles. The standard InChI is InChI=1S/C30H25F3NO.C13H12N.Ir/c1-17(2)21-9-7-10-22(18(3)4)28(21)19-12-13-34-26(14-19)25-16-20(30(31,32)33)15-24-23-8-5-6-11-27(23)35-29(24)25;1-10-3-6-12(7-4-10)13-8-5-11(2)9-14-13;/h5-15,17-18H,1-4H3;3-6,8-9H,1-2H3;/q2*-1;/i;1D3,2D3;. The third-order valence-electron chi connectivity index (χ3n) is 8.24. The van der Waals surface area contributed by atoms with Crippen molar-refractivity contribution in [1.29, 1.82) is 0 Å². The van der Waals surface area contributed by atoms with Gasteiger partial charge in [-0.2, -0.15) is 13.2 Å². The molecule has 1 radical (unpaired) electrons. The molecule has 3 heterocycles. The third kappa shape index (κ3) is 7.75. The van der Waals surface area contributed by atoms with Gasteiger partial charge in [-0.3, -0.25) is 0 Å². The number of nitrogens with zero attached hydrogens (tertiary/aromatic N) is 2. The summed E-state index contributed by atoms with van der Waals surface area (Å²) in [5.74, 6) is 0.560. The molecule has 0 bridgehead atoms. The van der Waals surface area contributed by atoms with Crippen LogP contribution in [0.3, 0.4) is 0 Å². The number of pyridine rings is 2. The fourth-order valence-corrected chi connectivity index (χ4v) is 5.84. The summed E-state index contributed by atoms with van der Waals surface area (Å²) in [4.78, 5) is 8.54. The molecule has 0 saturated carbocycles. The Bertz CT molecular complexity index is 2370. The van der Waals surface area contributed by atoms with Crippen molar-refractivity contribution < 1.29 is 45.9 Å². The molecule has 50 heavy (non-hydrogen) atoms. The van der Waals surface area contributed by atoms with Gasteiger partial charge in [0.1, 0.15) is 5.58 Å². The largest absolute Gasteiger partial charge is 0.501 e. The Kier molecular flexibility index (Phi) is 8.82. The molecule has 7 rings (SSSR count). The number of aryl methyl sites for hydroxylation is 2. The van der Waals surface area contributed by atoms with Crippen molar-refractivity contribution in [2.75, 3.05) is 0 Å². The molecule has 3 nitrogen and oxygen atoms in total. The Hall–Kier alpha value is -4.58. The van der Waals surface area contributed by atoms with Crippen LogP contribution in [0.25, 0.3) is 55.6 Å². The molecule has 0 N–H and O–H groups in total. The first-order valence-corrected chi connectivity index (χ1v) is 15.9. The van der Waals surface area contributed by atoms with Gasteiger partial charge in [-0.1, -0.05) is 100 Å². The maximum atomic E-state index is 13.9. The minimum atomic E-state index is -4.55. The van der Waals surface area contributed by atoms with Crippen molar-refractivity contribution in [1.82, 2.24) is 9.97 Å². The van der Waals surface area contributed by atoms with E-state index in [-0.39, 0.29) is 48.6 Å². The van der Waals surface area contributed by atoms with E-state index in [1.165, 1.54) is 35.5 Å². The second-order valence-electron chi connectivity index (χ2n) is 12.4. The van der Waals surface area contributed by atoms with Crippen LogP contribution >= 0.6 is 0 Å². The van der Waals surface area contributed by atoms with Gasteiger partial charge in [-0.15, -0.1) is 47.5 Å². The van der Waals surface area contributed by atoms with Gasteiger partial charge in [0.25, 0.3) is 0 Å². The summed E-state index contributed by atoms with van der Waals surface area (Å²) in [5, 5.41) is 1.03. The molecule has 0 fully saturated rings. The van der Waals surface area contributed by atoms with Crippen LogP contribution in [0.1, 0.15) is 75.6 Å². The number of furan rings is 1. The van der Waals surface area contributed by atoms with Gasteiger partial charge in [0.05, 0.1) is 5.58 Å². The molecule has 4 aromatic carbocycles. The van der Waals surface area contributed by atoms with E-state index < -0.39 is 25.4 Å². The summed E-state index contributed by atoms with van der Waals surface area (Å²) in [6, 6.07) is 31.3. The number of halogens is 3. The first-order valence-electron chi connectivity index (χ1n) is 18.9. The van der Waals surface area contributed by atoms with Crippen molar-refractivity contribution >= 4 is 21.9 Å². The molecule has 0 spiro atoms. The molecule has 0 aliphatic carbocycles. The van der Waals surface area contributed by atoms with Crippen LogP contribution in [0.15, 0.2) is 108 Å². The summed E-state index contributed by atoms with van der Waals surface area (Å²) in [5.41, 5.74) is 6.59. The van der Waals surface area contributed by atoms with Crippen LogP contribution in [0, 0.1) is 25.8 Å². The monoisotopic (exact) mass is 853 g/mol. The minimum Gasteiger partial charge on any atom is -0.501 e. The Morgan fingerprint density at radius 2 is 1.48 bits per heavy atom. The number of hydrogen-bond donors (Lipinski definition) is 0. The number of fused-ring (bicyclic) bond motifs is 3. The van der Waals surface area contributed by atoms with E-state index in [0.717, 1.165) is 17.2 Å². The Morgan fingerprint density at radius 1 is 0.760 bits per heavy atom. The van der Waals surface area contributed by atoms with Crippen LogP contribution in [-0.2, 0) is 26.3 Å². The first-order chi connectivity index (χ1) is 25.8. The number of rotatable bonds is 5. The first kappa shape index (κ1) is 29.2. The number of alkyl halides is 3. The van der Waals surface area contributed by atoms with E-state index in [0.29, 0.717) is 38.9 Å². The van der Waals surface area contributed by atoms with Gasteiger partial charge in [0.2, 0.25) is 0 Å². The van der Waals surface area contributed by atoms with Gasteiger partial charge in [-0.05, 0) is 75.6 Å². The smallest absolute Gasteiger partial charge is 0.399 e. The molecular formula is C43H37F3IrN2O-2. The number of hydrogen-bond acceptors (Lipinski definition) is 3. The second kappa shape index (κ2) is 15.1. The SMILES string of the molecule is CC(C)c1cccc(C(C)C)c1-c1ccnc(-c2[c-]c(C(F)(F)F)cc3c2oc2ccccc23)c1.[2H]C([2H])([2H])c1c[c-]c(-c2ccc(C([2H])([2H])[2H])cn2)cc1.[Ir]. The fourth-order valence-electron chi connectivity index (χ4n) is 5.84. The normalized spacial score (nSPS) is 13.8. The summed E-state index contributed by atoms with van der Waals surface area (Å²) >= 11 is 0. The number of aromatic nitrogens is 2. The molecule has 0 aliphatic heterocycles. The average molecular weight is 853 g/mol. The van der Waals surface area contributed by atoms with Gasteiger partial charge < -0.3 is 14.4 Å². The average Bonchev–Trinajstić information content (AvgIpc) is 3.52. The molecular weight excluding hydrogens is 810 g/mol. The predicted molar refractivity (Wildman–Crippen MR) is 192 cm³/mol. The minimum absolute atomic E-state index is 0. The zero-order valence-electron chi connectivity index (χ0n) is 33.7.